The Morgan fingerprint density at radius 1 is 0.947 bits per heavy atom. The molecule has 1 aromatic heterocycles. The number of nitrogens with one attached hydrogen (secondary N) is 3. The number of aryl methyl sites for hydroxylation is 1. The first-order chi connectivity index (χ1) is 18.5. The van der Waals surface area contributed by atoms with Crippen LogP contribution in [0.2, 0.25) is 0 Å². The topological polar surface area (TPSA) is 111 Å². The van der Waals surface area contributed by atoms with Crippen LogP contribution in [-0.4, -0.2) is 27.9 Å². The Morgan fingerprint density at radius 3 is 2.47 bits per heavy atom. The maximum Gasteiger partial charge on any atom is 0.335 e. The molecule has 4 N–H and O–H groups in total. The van der Waals surface area contributed by atoms with E-state index in [-0.39, 0.29) is 17.4 Å². The van der Waals surface area contributed by atoms with Gasteiger partial charge in [0.25, 0.3) is 11.8 Å². The second-order valence-corrected chi connectivity index (χ2v) is 9.62. The van der Waals surface area contributed by atoms with Gasteiger partial charge in [0, 0.05) is 39.8 Å². The molecule has 1 aliphatic carbocycles. The van der Waals surface area contributed by atoms with Gasteiger partial charge in [0.1, 0.15) is 0 Å². The summed E-state index contributed by atoms with van der Waals surface area (Å²) >= 11 is 0. The lowest BCUT2D eigenvalue weighted by atomic mass is 9.82. The van der Waals surface area contributed by atoms with Gasteiger partial charge in [0.15, 0.2) is 0 Å². The first kappa shape index (κ1) is 23.5. The summed E-state index contributed by atoms with van der Waals surface area (Å²) in [6, 6.07) is 23.6. The molecule has 1 aliphatic heterocycles. The minimum Gasteiger partial charge on any atom is -0.478 e. The molecular formula is C31H25N3O4. The average molecular weight is 504 g/mol. The summed E-state index contributed by atoms with van der Waals surface area (Å²) in [6.45, 7) is 0. The minimum absolute atomic E-state index is 0.111. The summed E-state index contributed by atoms with van der Waals surface area (Å²) in [5.41, 5.74) is 7.57. The van der Waals surface area contributed by atoms with Gasteiger partial charge in [-0.05, 0) is 85.0 Å². The highest BCUT2D eigenvalue weighted by molar-refractivity contribution is 6.35. The van der Waals surface area contributed by atoms with Gasteiger partial charge < -0.3 is 20.7 Å². The van der Waals surface area contributed by atoms with E-state index in [1.807, 2.05) is 12.1 Å². The maximum absolute atomic E-state index is 12.9. The molecule has 4 aromatic rings. The molecule has 1 atom stereocenters. The van der Waals surface area contributed by atoms with E-state index in [0.717, 1.165) is 25.0 Å². The Balaban J connectivity index is 1.27. The molecule has 2 aliphatic rings. The van der Waals surface area contributed by atoms with Crippen molar-refractivity contribution in [2.45, 2.75) is 25.2 Å². The number of anilines is 2. The summed E-state index contributed by atoms with van der Waals surface area (Å²) in [5.74, 6) is -1.28. The predicted octanol–water partition coefficient (Wildman–Crippen LogP) is 5.93. The van der Waals surface area contributed by atoms with Crippen molar-refractivity contribution >= 4 is 40.8 Å². The molecule has 3 aromatic carbocycles. The number of rotatable bonds is 5. The molecule has 188 valence electrons. The maximum atomic E-state index is 12.9. The van der Waals surface area contributed by atoms with E-state index in [9.17, 15) is 14.4 Å². The molecule has 2 amide bonds. The van der Waals surface area contributed by atoms with Gasteiger partial charge in [-0.15, -0.1) is 0 Å². The summed E-state index contributed by atoms with van der Waals surface area (Å²) < 4.78 is 0. The number of hydrogen-bond acceptors (Lipinski definition) is 3. The molecule has 6 rings (SSSR count). The van der Waals surface area contributed by atoms with E-state index in [1.54, 1.807) is 18.2 Å². The van der Waals surface area contributed by atoms with Gasteiger partial charge in [0.2, 0.25) is 0 Å². The molecule has 0 bridgehead atoms. The first-order valence-corrected chi connectivity index (χ1v) is 12.5. The number of aromatic amines is 1. The molecule has 0 fully saturated rings. The van der Waals surface area contributed by atoms with E-state index in [0.29, 0.717) is 34.0 Å². The van der Waals surface area contributed by atoms with E-state index >= 15 is 0 Å². The number of aromatic nitrogens is 1. The standard InChI is InChI=1S/C31H25N3O4/c35-29(19-9-11-20(12-10-19)31(37)38)33-21-13-14-28-25(15-21)26(30(36)34-28)17-22-16-24-23(7-4-8-27(24)32-22)18-5-2-1-3-6-18/h1-3,5-6,9-17,23,32H,4,7-8H2,(H,33,35)(H,34,36)(H,37,38). The van der Waals surface area contributed by atoms with Gasteiger partial charge in [-0.1, -0.05) is 30.3 Å². The van der Waals surface area contributed by atoms with Crippen LogP contribution in [0.25, 0.3) is 11.6 Å². The van der Waals surface area contributed by atoms with Crippen molar-refractivity contribution in [3.8, 4) is 0 Å². The zero-order valence-electron chi connectivity index (χ0n) is 20.5. The Bertz CT molecular complexity index is 1600. The second kappa shape index (κ2) is 9.52. The SMILES string of the molecule is O=C1Nc2ccc(NC(=O)c3ccc(C(=O)O)cc3)cc2C1=Cc1cc2c([nH]1)CCCC2c1ccccc1. The van der Waals surface area contributed by atoms with Crippen LogP contribution in [0, 0.1) is 0 Å². The number of carbonyl (C=O) groups is 3. The number of fused-ring (bicyclic) bond motifs is 2. The van der Waals surface area contributed by atoms with Crippen molar-refractivity contribution in [2.75, 3.05) is 10.6 Å². The molecule has 1 unspecified atom stereocenters. The number of carboxylic acid groups (broad SMARTS) is 1. The summed E-state index contributed by atoms with van der Waals surface area (Å²) in [7, 11) is 0. The highest BCUT2D eigenvalue weighted by atomic mass is 16.4. The molecule has 0 saturated carbocycles. The van der Waals surface area contributed by atoms with E-state index in [2.05, 4.69) is 45.9 Å². The molecule has 7 heteroatoms. The Kier molecular flexibility index (Phi) is 5.88. The van der Waals surface area contributed by atoms with Crippen LogP contribution >= 0.6 is 0 Å². The van der Waals surface area contributed by atoms with Crippen molar-refractivity contribution < 1.29 is 19.5 Å². The fraction of sp³-hybridized carbons (Fsp3) is 0.129. The number of amides is 2. The molecule has 2 heterocycles. The highest BCUT2D eigenvalue weighted by Crippen LogP contribution is 2.39. The number of benzene rings is 3. The lowest BCUT2D eigenvalue weighted by Gasteiger charge is -2.22. The average Bonchev–Trinajstić information content (AvgIpc) is 3.49. The summed E-state index contributed by atoms with van der Waals surface area (Å²) in [5, 5.41) is 14.8. The number of carboxylic acids is 1. The van der Waals surface area contributed by atoms with Crippen molar-refractivity contribution in [1.82, 2.24) is 4.98 Å². The lowest BCUT2D eigenvalue weighted by molar-refractivity contribution is -0.110. The summed E-state index contributed by atoms with van der Waals surface area (Å²) in [4.78, 5) is 40.2. The van der Waals surface area contributed by atoms with Gasteiger partial charge in [-0.2, -0.15) is 0 Å². The number of hydrogen-bond donors (Lipinski definition) is 4. The first-order valence-electron chi connectivity index (χ1n) is 12.5. The van der Waals surface area contributed by atoms with Crippen LogP contribution in [0.3, 0.4) is 0 Å². The highest BCUT2D eigenvalue weighted by Gasteiger charge is 2.27. The van der Waals surface area contributed by atoms with Crippen LogP contribution in [-0.2, 0) is 11.2 Å². The fourth-order valence-corrected chi connectivity index (χ4v) is 5.33. The predicted molar refractivity (Wildman–Crippen MR) is 146 cm³/mol. The van der Waals surface area contributed by atoms with Gasteiger partial charge in [-0.3, -0.25) is 9.59 Å². The molecular weight excluding hydrogens is 478 g/mol. The molecule has 7 nitrogen and oxygen atoms in total. The second-order valence-electron chi connectivity index (χ2n) is 9.62. The van der Waals surface area contributed by atoms with Gasteiger partial charge in [0.05, 0.1) is 11.1 Å². The van der Waals surface area contributed by atoms with Crippen molar-refractivity contribution in [2.24, 2.45) is 0 Å². The van der Waals surface area contributed by atoms with E-state index in [4.69, 9.17) is 5.11 Å². The van der Waals surface area contributed by atoms with E-state index < -0.39 is 5.97 Å². The monoisotopic (exact) mass is 503 g/mol. The molecule has 0 saturated heterocycles. The van der Waals surface area contributed by atoms with Crippen molar-refractivity contribution in [3.05, 3.63) is 118 Å². The number of carbonyl (C=O) groups excluding carboxylic acids is 2. The van der Waals surface area contributed by atoms with Crippen LogP contribution in [0.4, 0.5) is 11.4 Å². The van der Waals surface area contributed by atoms with Crippen LogP contribution in [0.1, 0.15) is 67.6 Å². The van der Waals surface area contributed by atoms with Crippen molar-refractivity contribution in [1.29, 1.82) is 0 Å². The van der Waals surface area contributed by atoms with E-state index in [1.165, 1.54) is 41.1 Å². The fourth-order valence-electron chi connectivity index (χ4n) is 5.33. The largest absolute Gasteiger partial charge is 0.478 e. The Labute approximate surface area is 219 Å². The molecule has 38 heavy (non-hydrogen) atoms. The van der Waals surface area contributed by atoms with Crippen molar-refractivity contribution in [3.63, 3.8) is 0 Å². The third kappa shape index (κ3) is 4.39. The smallest absolute Gasteiger partial charge is 0.335 e. The van der Waals surface area contributed by atoms with Crippen LogP contribution in [0.5, 0.6) is 0 Å². The molecule has 0 radical (unpaired) electrons. The Hall–Kier alpha value is -4.91. The van der Waals surface area contributed by atoms with Crippen LogP contribution < -0.4 is 10.6 Å². The number of H-pyrrole nitrogens is 1. The van der Waals surface area contributed by atoms with Crippen LogP contribution in [0.15, 0.2) is 78.9 Å². The third-order valence-corrected chi connectivity index (χ3v) is 7.21. The summed E-state index contributed by atoms with van der Waals surface area (Å²) in [6.07, 6.45) is 5.05. The quantitative estimate of drug-likeness (QED) is 0.253. The van der Waals surface area contributed by atoms with Gasteiger partial charge >= 0.3 is 5.97 Å². The third-order valence-electron chi connectivity index (χ3n) is 7.21. The molecule has 0 spiro atoms. The Morgan fingerprint density at radius 2 is 1.71 bits per heavy atom. The zero-order chi connectivity index (χ0) is 26.2. The number of aromatic carboxylic acids is 1. The zero-order valence-corrected chi connectivity index (χ0v) is 20.5. The normalized spacial score (nSPS) is 17.0. The minimum atomic E-state index is -1.05. The van der Waals surface area contributed by atoms with Gasteiger partial charge in [-0.25, -0.2) is 4.79 Å². The lowest BCUT2D eigenvalue weighted by Crippen LogP contribution is -2.12.